The van der Waals surface area contributed by atoms with Crippen LogP contribution in [0.5, 0.6) is 0 Å². The van der Waals surface area contributed by atoms with Crippen LogP contribution in [0.15, 0.2) is 152 Å². The second kappa shape index (κ2) is 10.4. The molecular formula is C41H30. The summed E-state index contributed by atoms with van der Waals surface area (Å²) in [6.45, 7) is 6.04. The second-order valence-corrected chi connectivity index (χ2v) is 10.6. The molecule has 0 heterocycles. The van der Waals surface area contributed by atoms with E-state index in [9.17, 15) is 0 Å². The summed E-state index contributed by atoms with van der Waals surface area (Å²) in [4.78, 5) is 0. The Hall–Kier alpha value is -5.20. The van der Waals surface area contributed by atoms with Gasteiger partial charge >= 0.3 is 0 Å². The molecule has 0 unspecified atom stereocenters. The van der Waals surface area contributed by atoms with Gasteiger partial charge in [0.2, 0.25) is 0 Å². The third kappa shape index (κ3) is 4.44. The van der Waals surface area contributed by atoms with Crippen molar-refractivity contribution >= 4 is 38.4 Å². The fourth-order valence-corrected chi connectivity index (χ4v) is 6.17. The van der Waals surface area contributed by atoms with Gasteiger partial charge < -0.3 is 0 Å². The van der Waals surface area contributed by atoms with Crippen LogP contribution in [-0.2, 0) is 0 Å². The lowest BCUT2D eigenvalue weighted by molar-refractivity contribution is 1.44. The minimum atomic E-state index is 1.21. The van der Waals surface area contributed by atoms with E-state index in [0.717, 1.165) is 0 Å². The van der Waals surface area contributed by atoms with Gasteiger partial charge in [0.25, 0.3) is 0 Å². The van der Waals surface area contributed by atoms with Crippen LogP contribution in [0.2, 0.25) is 0 Å². The van der Waals surface area contributed by atoms with Crippen LogP contribution in [0.3, 0.4) is 0 Å². The predicted octanol–water partition coefficient (Wildman–Crippen LogP) is 11.7. The van der Waals surface area contributed by atoms with Gasteiger partial charge in [-0.2, -0.15) is 0 Å². The van der Waals surface area contributed by atoms with Crippen LogP contribution in [0.1, 0.15) is 11.1 Å². The lowest BCUT2D eigenvalue weighted by Crippen LogP contribution is -1.90. The van der Waals surface area contributed by atoms with Crippen LogP contribution >= 0.6 is 0 Å². The normalized spacial score (nSPS) is 11.5. The van der Waals surface area contributed by atoms with Gasteiger partial charge in [-0.15, -0.1) is 0 Å². The van der Waals surface area contributed by atoms with Crippen LogP contribution in [-0.4, -0.2) is 0 Å². The summed E-state index contributed by atoms with van der Waals surface area (Å²) < 4.78 is 0. The summed E-state index contributed by atoms with van der Waals surface area (Å²) in [5.41, 5.74) is 9.87. The van der Waals surface area contributed by atoms with E-state index in [2.05, 4.69) is 153 Å². The molecule has 0 saturated heterocycles. The molecule has 7 aromatic carbocycles. The van der Waals surface area contributed by atoms with E-state index >= 15 is 0 Å². The van der Waals surface area contributed by atoms with E-state index in [1.807, 2.05) is 12.2 Å². The first kappa shape index (κ1) is 24.8. The van der Waals surface area contributed by atoms with Gasteiger partial charge in [-0.3, -0.25) is 0 Å². The van der Waals surface area contributed by atoms with Crippen molar-refractivity contribution in [2.75, 3.05) is 0 Å². The molecule has 0 fully saturated rings. The molecule has 0 N–H and O–H groups in total. The van der Waals surface area contributed by atoms with Crippen molar-refractivity contribution in [1.82, 2.24) is 0 Å². The molecule has 7 aromatic rings. The molecule has 0 saturated carbocycles. The molecule has 41 heavy (non-hydrogen) atoms. The van der Waals surface area contributed by atoms with Crippen molar-refractivity contribution in [2.24, 2.45) is 0 Å². The molecule has 0 aliphatic heterocycles. The second-order valence-electron chi connectivity index (χ2n) is 10.6. The Kier molecular flexibility index (Phi) is 6.30. The van der Waals surface area contributed by atoms with Crippen molar-refractivity contribution in [3.8, 4) is 33.4 Å². The number of fused-ring (bicyclic) bond motifs is 4. The lowest BCUT2D eigenvalue weighted by Gasteiger charge is -2.16. The molecular weight excluding hydrogens is 492 g/mol. The molecule has 0 bridgehead atoms. The average molecular weight is 523 g/mol. The minimum absolute atomic E-state index is 1.21. The van der Waals surface area contributed by atoms with E-state index in [4.69, 9.17) is 0 Å². The Morgan fingerprint density at radius 1 is 0.463 bits per heavy atom. The van der Waals surface area contributed by atoms with Gasteiger partial charge in [-0.05, 0) is 108 Å². The highest BCUT2D eigenvalue weighted by atomic mass is 14.2. The summed E-state index contributed by atoms with van der Waals surface area (Å²) in [5.74, 6) is 0. The Labute approximate surface area is 241 Å². The summed E-state index contributed by atoms with van der Waals surface area (Å²) in [6.07, 6.45) is 6.01. The van der Waals surface area contributed by atoms with Crippen molar-refractivity contribution in [3.05, 3.63) is 163 Å². The summed E-state index contributed by atoms with van der Waals surface area (Å²) in [7, 11) is 0. The molecule has 0 nitrogen and oxygen atoms in total. The van der Waals surface area contributed by atoms with E-state index < -0.39 is 0 Å². The third-order valence-electron chi connectivity index (χ3n) is 8.15. The average Bonchev–Trinajstić information content (AvgIpc) is 3.03. The van der Waals surface area contributed by atoms with Gasteiger partial charge in [0.15, 0.2) is 0 Å². The lowest BCUT2D eigenvalue weighted by atomic mass is 9.88. The first-order valence-corrected chi connectivity index (χ1v) is 14.1. The van der Waals surface area contributed by atoms with Gasteiger partial charge in [0, 0.05) is 0 Å². The number of hydrogen-bond donors (Lipinski definition) is 0. The molecule has 0 atom stereocenters. The van der Waals surface area contributed by atoms with Crippen LogP contribution < -0.4 is 0 Å². The molecule has 0 radical (unpaired) electrons. The predicted molar refractivity (Wildman–Crippen MR) is 179 cm³/mol. The van der Waals surface area contributed by atoms with E-state index in [-0.39, 0.29) is 0 Å². The topological polar surface area (TPSA) is 0 Å². The maximum Gasteiger partial charge on any atom is -0.00986 e. The van der Waals surface area contributed by atoms with Gasteiger partial charge in [0.05, 0.1) is 0 Å². The highest BCUT2D eigenvalue weighted by Gasteiger charge is 2.14. The minimum Gasteiger partial charge on any atom is -0.0991 e. The van der Waals surface area contributed by atoms with Gasteiger partial charge in [-0.25, -0.2) is 0 Å². The maximum atomic E-state index is 3.87. The Bertz CT molecular complexity index is 2120. The largest absolute Gasteiger partial charge is 0.0991 e. The monoisotopic (exact) mass is 522 g/mol. The smallest absolute Gasteiger partial charge is 0.00986 e. The molecule has 0 aliphatic carbocycles. The van der Waals surface area contributed by atoms with Crippen molar-refractivity contribution in [1.29, 1.82) is 0 Å². The standard InChI is InChI=1S/C41H30/c1-3-4-18-34-28(2)13-11-23-35(34)30-16-12-17-31(24-30)40-27-33(25-29-14-5-8-20-37(29)40)41-26-32-15-6-7-19-36(32)38-21-9-10-22-39(38)41/h3-27H,1H2,2H3/b18-4-. The molecule has 194 valence electrons. The zero-order valence-corrected chi connectivity index (χ0v) is 23.1. The zero-order chi connectivity index (χ0) is 27.8. The van der Waals surface area contributed by atoms with Crippen molar-refractivity contribution in [3.63, 3.8) is 0 Å². The molecule has 0 heteroatoms. The van der Waals surface area contributed by atoms with E-state index in [1.54, 1.807) is 0 Å². The zero-order valence-electron chi connectivity index (χ0n) is 23.1. The highest BCUT2D eigenvalue weighted by Crippen LogP contribution is 2.40. The fourth-order valence-electron chi connectivity index (χ4n) is 6.17. The third-order valence-corrected chi connectivity index (χ3v) is 8.15. The summed E-state index contributed by atoms with van der Waals surface area (Å²) in [6, 6.07) is 48.8. The molecule has 7 rings (SSSR count). The summed E-state index contributed by atoms with van der Waals surface area (Å²) in [5, 5.41) is 7.62. The molecule has 0 aliphatic rings. The highest BCUT2D eigenvalue weighted by molar-refractivity contribution is 6.14. The van der Waals surface area contributed by atoms with Crippen molar-refractivity contribution in [2.45, 2.75) is 6.92 Å². The Morgan fingerprint density at radius 2 is 1.07 bits per heavy atom. The SMILES string of the molecule is C=C/C=C\c1c(C)cccc1-c1cccc(-c2cc(-c3cc4ccccc4c4ccccc34)cc3ccccc23)c1. The first-order chi connectivity index (χ1) is 20.2. The first-order valence-electron chi connectivity index (χ1n) is 14.1. The number of rotatable bonds is 5. The maximum absolute atomic E-state index is 3.87. The number of hydrogen-bond acceptors (Lipinski definition) is 0. The summed E-state index contributed by atoms with van der Waals surface area (Å²) >= 11 is 0. The Morgan fingerprint density at radius 3 is 1.85 bits per heavy atom. The van der Waals surface area contributed by atoms with E-state index in [0.29, 0.717) is 0 Å². The number of benzene rings is 7. The van der Waals surface area contributed by atoms with Gasteiger partial charge in [0.1, 0.15) is 0 Å². The van der Waals surface area contributed by atoms with Crippen molar-refractivity contribution < 1.29 is 0 Å². The number of aryl methyl sites for hydroxylation is 1. The molecule has 0 amide bonds. The van der Waals surface area contributed by atoms with Gasteiger partial charge in [-0.1, -0.05) is 134 Å². The molecule has 0 aromatic heterocycles. The van der Waals surface area contributed by atoms with Crippen LogP contribution in [0.25, 0.3) is 71.8 Å². The van der Waals surface area contributed by atoms with Crippen LogP contribution in [0, 0.1) is 6.92 Å². The van der Waals surface area contributed by atoms with Crippen LogP contribution in [0.4, 0.5) is 0 Å². The number of allylic oxidation sites excluding steroid dienone is 2. The molecule has 0 spiro atoms. The van der Waals surface area contributed by atoms with E-state index in [1.165, 1.54) is 76.8 Å². The Balaban J connectivity index is 1.47. The fraction of sp³-hybridized carbons (Fsp3) is 0.0244. The quantitative estimate of drug-likeness (QED) is 0.156.